The second-order valence-electron chi connectivity index (χ2n) is 0.750. The summed E-state index contributed by atoms with van der Waals surface area (Å²) in [6.07, 6.45) is 0. The molecule has 0 heterocycles. The average Bonchev–Trinajstić information content (AvgIpc) is 1.65. The molecule has 0 saturated carbocycles. The van der Waals surface area contributed by atoms with Crippen molar-refractivity contribution in [3.63, 3.8) is 0 Å². The lowest BCUT2D eigenvalue weighted by Crippen LogP contribution is -2.02. The lowest BCUT2D eigenvalue weighted by Gasteiger charge is -1.93. The maximum Gasteiger partial charge on any atom is 0.203 e. The van der Waals surface area contributed by atoms with E-state index in [1.165, 1.54) is 0 Å². The average molecular weight is 108 g/mol. The van der Waals surface area contributed by atoms with Crippen LogP contribution in [0.3, 0.4) is 0 Å². The number of hydrogen-bond acceptors (Lipinski definition) is 2. The van der Waals surface area contributed by atoms with Crippen LogP contribution in [0.15, 0.2) is 12.5 Å². The van der Waals surface area contributed by atoms with Crippen molar-refractivity contribution in [2.45, 2.75) is 0 Å². The van der Waals surface area contributed by atoms with Gasteiger partial charge in [0.1, 0.15) is 11.9 Å². The molecule has 0 aliphatic carbocycles. The Morgan fingerprint density at radius 3 is 2.50 bits per heavy atom. The third-order valence-electron chi connectivity index (χ3n) is 0.372. The molecular weight excluding hydrogens is 101 g/mol. The largest absolute Gasteiger partial charge is 0.368 e. The molecule has 0 aromatic rings. The molecule has 0 aliphatic rings. The molecule has 1 N–H and O–H groups in total. The lowest BCUT2D eigenvalue weighted by molar-refractivity contribution is 0.436. The topological polar surface area (TPSA) is 21.3 Å². The van der Waals surface area contributed by atoms with Gasteiger partial charge in [0.05, 0.1) is 0 Å². The molecular formula is C3H6ClNO. The Kier molecular flexibility index (Phi) is 2.67. The highest BCUT2D eigenvalue weighted by Gasteiger charge is 1.77. The molecule has 0 saturated heterocycles. The van der Waals surface area contributed by atoms with Crippen molar-refractivity contribution in [3.8, 4) is 0 Å². The summed E-state index contributed by atoms with van der Waals surface area (Å²) in [5, 5.41) is 2.57. The van der Waals surface area contributed by atoms with Crippen molar-refractivity contribution >= 4 is 11.9 Å². The Morgan fingerprint density at radius 1 is 2.00 bits per heavy atom. The zero-order valence-corrected chi connectivity index (χ0v) is 4.25. The fourth-order valence-electron chi connectivity index (χ4n) is 0.0386. The summed E-state index contributed by atoms with van der Waals surface area (Å²) in [7, 11) is 1.67. The van der Waals surface area contributed by atoms with Gasteiger partial charge in [-0.1, -0.05) is 0 Å². The molecule has 0 bridgehead atoms. The van der Waals surface area contributed by atoms with E-state index >= 15 is 0 Å². The van der Waals surface area contributed by atoms with Gasteiger partial charge in [0.15, 0.2) is 0 Å². The molecule has 0 radical (unpaired) electrons. The fraction of sp³-hybridized carbons (Fsp3) is 0.333. The molecule has 0 aliphatic heterocycles. The van der Waals surface area contributed by atoms with E-state index in [0.29, 0.717) is 5.88 Å². The molecule has 36 valence electrons. The highest BCUT2D eigenvalue weighted by Crippen LogP contribution is 1.86. The van der Waals surface area contributed by atoms with E-state index in [4.69, 9.17) is 11.9 Å². The monoisotopic (exact) mass is 107 g/mol. The lowest BCUT2D eigenvalue weighted by atomic mass is 10.9. The minimum atomic E-state index is 0.358. The van der Waals surface area contributed by atoms with Crippen LogP contribution >= 0.6 is 11.9 Å². The first-order valence-corrected chi connectivity index (χ1v) is 1.77. The molecule has 0 rings (SSSR count). The van der Waals surface area contributed by atoms with Gasteiger partial charge in [-0.15, -0.1) is 0 Å². The van der Waals surface area contributed by atoms with Gasteiger partial charge in [-0.3, -0.25) is 0 Å². The van der Waals surface area contributed by atoms with E-state index in [9.17, 15) is 0 Å². The predicted octanol–water partition coefficient (Wildman–Crippen LogP) is 0.847. The van der Waals surface area contributed by atoms with E-state index in [1.807, 2.05) is 0 Å². The molecule has 6 heavy (non-hydrogen) atoms. The third kappa shape index (κ3) is 1.91. The highest BCUT2D eigenvalue weighted by atomic mass is 35.5. The Balaban J connectivity index is 2.99. The molecule has 3 heteroatoms. The third-order valence-corrected chi connectivity index (χ3v) is 0.558. The first kappa shape index (κ1) is 5.63. The van der Waals surface area contributed by atoms with Crippen LogP contribution < -0.4 is 5.32 Å². The summed E-state index contributed by atoms with van der Waals surface area (Å²) in [6.45, 7) is 3.33. The van der Waals surface area contributed by atoms with Crippen LogP contribution in [0.5, 0.6) is 0 Å². The molecule has 0 fully saturated rings. The zero-order chi connectivity index (χ0) is 4.99. The summed E-state index contributed by atoms with van der Waals surface area (Å²) in [5.74, 6) is 0.358. The van der Waals surface area contributed by atoms with Crippen molar-refractivity contribution < 1.29 is 4.29 Å². The smallest absolute Gasteiger partial charge is 0.203 e. The SMILES string of the molecule is C=C(NC)OCl. The Morgan fingerprint density at radius 2 is 2.50 bits per heavy atom. The molecule has 0 spiro atoms. The fourth-order valence-corrected chi connectivity index (χ4v) is 0.116. The minimum absolute atomic E-state index is 0.358. The normalized spacial score (nSPS) is 7.00. The van der Waals surface area contributed by atoms with Crippen LogP contribution in [0, 0.1) is 0 Å². The maximum atomic E-state index is 4.79. The van der Waals surface area contributed by atoms with E-state index in [0.717, 1.165) is 0 Å². The quantitative estimate of drug-likeness (QED) is 0.529. The Hall–Kier alpha value is -0.370. The first-order valence-electron chi connectivity index (χ1n) is 1.46. The van der Waals surface area contributed by atoms with Crippen LogP contribution in [-0.4, -0.2) is 7.05 Å². The molecule has 0 amide bonds. The number of hydrogen-bond donors (Lipinski definition) is 1. The number of nitrogens with one attached hydrogen (secondary N) is 1. The van der Waals surface area contributed by atoms with E-state index in [1.54, 1.807) is 7.05 Å². The number of rotatable bonds is 2. The summed E-state index contributed by atoms with van der Waals surface area (Å²) in [6, 6.07) is 0. The van der Waals surface area contributed by atoms with E-state index in [-0.39, 0.29) is 0 Å². The van der Waals surface area contributed by atoms with Crippen molar-refractivity contribution in [1.82, 2.24) is 5.32 Å². The van der Waals surface area contributed by atoms with Crippen LogP contribution in [-0.2, 0) is 4.29 Å². The van der Waals surface area contributed by atoms with Crippen LogP contribution in [0.4, 0.5) is 0 Å². The van der Waals surface area contributed by atoms with Gasteiger partial charge >= 0.3 is 0 Å². The second-order valence-corrected chi connectivity index (χ2v) is 0.905. The second kappa shape index (κ2) is 2.85. The maximum absolute atomic E-state index is 4.79. The minimum Gasteiger partial charge on any atom is -0.368 e. The summed E-state index contributed by atoms with van der Waals surface area (Å²) in [4.78, 5) is 0. The zero-order valence-electron chi connectivity index (χ0n) is 3.49. The van der Waals surface area contributed by atoms with Crippen LogP contribution in [0.25, 0.3) is 0 Å². The standard InChI is InChI=1S/C3H6ClNO/c1-3(5-2)6-4/h5H,1H2,2H3. The summed E-state index contributed by atoms with van der Waals surface area (Å²) in [5.41, 5.74) is 0. The van der Waals surface area contributed by atoms with Gasteiger partial charge in [-0.25, -0.2) is 0 Å². The number of halogens is 1. The summed E-state index contributed by atoms with van der Waals surface area (Å²) >= 11 is 4.79. The Bertz CT molecular complexity index is 48.8. The van der Waals surface area contributed by atoms with Gasteiger partial charge < -0.3 is 9.61 Å². The first-order chi connectivity index (χ1) is 2.81. The predicted molar refractivity (Wildman–Crippen MR) is 25.1 cm³/mol. The molecule has 0 aromatic carbocycles. The Labute approximate surface area is 41.9 Å². The molecule has 0 unspecified atom stereocenters. The summed E-state index contributed by atoms with van der Waals surface area (Å²) < 4.78 is 4.07. The van der Waals surface area contributed by atoms with E-state index < -0.39 is 0 Å². The van der Waals surface area contributed by atoms with Gasteiger partial charge in [0.25, 0.3) is 0 Å². The molecule has 2 nitrogen and oxygen atoms in total. The van der Waals surface area contributed by atoms with Gasteiger partial charge in [-0.2, -0.15) is 0 Å². The van der Waals surface area contributed by atoms with Gasteiger partial charge in [-0.05, 0) is 6.58 Å². The molecule has 0 aromatic heterocycles. The van der Waals surface area contributed by atoms with Gasteiger partial charge in [0.2, 0.25) is 5.88 Å². The van der Waals surface area contributed by atoms with Gasteiger partial charge in [0, 0.05) is 7.05 Å². The van der Waals surface area contributed by atoms with Crippen LogP contribution in [0.2, 0.25) is 0 Å². The van der Waals surface area contributed by atoms with Crippen molar-refractivity contribution in [1.29, 1.82) is 0 Å². The molecule has 0 atom stereocenters. The van der Waals surface area contributed by atoms with Crippen molar-refractivity contribution in [3.05, 3.63) is 12.5 Å². The van der Waals surface area contributed by atoms with Crippen molar-refractivity contribution in [2.24, 2.45) is 0 Å². The highest BCUT2D eigenvalue weighted by molar-refractivity contribution is 6.08. The van der Waals surface area contributed by atoms with E-state index in [2.05, 4.69) is 16.2 Å². The van der Waals surface area contributed by atoms with Crippen LogP contribution in [0.1, 0.15) is 0 Å². The van der Waals surface area contributed by atoms with Crippen molar-refractivity contribution in [2.75, 3.05) is 7.05 Å².